The van der Waals surface area contributed by atoms with E-state index in [9.17, 15) is 12.8 Å². The van der Waals surface area contributed by atoms with Crippen molar-refractivity contribution in [3.63, 3.8) is 0 Å². The summed E-state index contributed by atoms with van der Waals surface area (Å²) in [4.78, 5) is 3.19. The summed E-state index contributed by atoms with van der Waals surface area (Å²) in [6.45, 7) is 0. The summed E-state index contributed by atoms with van der Waals surface area (Å²) in [6.07, 6.45) is 0.981. The van der Waals surface area contributed by atoms with Gasteiger partial charge in [-0.1, -0.05) is 6.07 Å². The van der Waals surface area contributed by atoms with Gasteiger partial charge in [0.05, 0.1) is 0 Å². The number of hydrogen-bond acceptors (Lipinski definition) is 3. The van der Waals surface area contributed by atoms with Gasteiger partial charge in [-0.3, -0.25) is 0 Å². The molecular formula is C6H6FNO2S. The number of sulfone groups is 1. The Morgan fingerprint density at radius 1 is 1.45 bits per heavy atom. The predicted molar refractivity (Wildman–Crippen MR) is 37.3 cm³/mol. The normalized spacial score (nSPS) is 11.5. The summed E-state index contributed by atoms with van der Waals surface area (Å²) in [5.74, 6) is -0.784. The maximum Gasteiger partial charge on any atom is 0.214 e. The smallest absolute Gasteiger partial charge is 0.214 e. The van der Waals surface area contributed by atoms with Crippen LogP contribution in [0, 0.1) is 5.95 Å². The van der Waals surface area contributed by atoms with Gasteiger partial charge in [0, 0.05) is 6.26 Å². The first-order chi connectivity index (χ1) is 5.00. The zero-order valence-electron chi connectivity index (χ0n) is 5.78. The molecule has 0 N–H and O–H groups in total. The van der Waals surface area contributed by atoms with Gasteiger partial charge < -0.3 is 0 Å². The number of halogens is 1. The van der Waals surface area contributed by atoms with E-state index in [1.807, 2.05) is 0 Å². The van der Waals surface area contributed by atoms with Crippen molar-refractivity contribution >= 4 is 9.84 Å². The lowest BCUT2D eigenvalue weighted by atomic mass is 10.5. The van der Waals surface area contributed by atoms with E-state index in [0.717, 1.165) is 12.3 Å². The van der Waals surface area contributed by atoms with E-state index in [1.165, 1.54) is 12.1 Å². The molecule has 0 atom stereocenters. The largest absolute Gasteiger partial charge is 0.222 e. The van der Waals surface area contributed by atoms with Crippen molar-refractivity contribution in [2.45, 2.75) is 5.03 Å². The van der Waals surface area contributed by atoms with Crippen LogP contribution in [0.15, 0.2) is 23.2 Å². The Balaban J connectivity index is 3.28. The van der Waals surface area contributed by atoms with E-state index >= 15 is 0 Å². The highest BCUT2D eigenvalue weighted by Gasteiger charge is 2.08. The second-order valence-electron chi connectivity index (χ2n) is 2.07. The Hall–Kier alpha value is -0.970. The Morgan fingerprint density at radius 3 is 2.45 bits per heavy atom. The summed E-state index contributed by atoms with van der Waals surface area (Å²) in [7, 11) is -3.38. The lowest BCUT2D eigenvalue weighted by molar-refractivity contribution is 0.559. The van der Waals surface area contributed by atoms with Crippen LogP contribution >= 0.6 is 0 Å². The predicted octanol–water partition coefficient (Wildman–Crippen LogP) is 0.624. The molecule has 60 valence electrons. The maximum absolute atomic E-state index is 12.3. The van der Waals surface area contributed by atoms with Crippen LogP contribution in [-0.2, 0) is 9.84 Å². The molecule has 0 spiro atoms. The SMILES string of the molecule is CS(=O)(=O)c1cccc(F)n1. The minimum absolute atomic E-state index is 0.238. The molecule has 0 amide bonds. The fourth-order valence-corrected chi connectivity index (χ4v) is 1.17. The molecule has 11 heavy (non-hydrogen) atoms. The zero-order valence-corrected chi connectivity index (χ0v) is 6.60. The average Bonchev–Trinajstić information content (AvgIpc) is 1.86. The fraction of sp³-hybridized carbons (Fsp3) is 0.167. The summed E-state index contributed by atoms with van der Waals surface area (Å²) >= 11 is 0. The van der Waals surface area contributed by atoms with Crippen LogP contribution < -0.4 is 0 Å². The van der Waals surface area contributed by atoms with Crippen LogP contribution in [0.2, 0.25) is 0 Å². The quantitative estimate of drug-likeness (QED) is 0.588. The third-order valence-corrected chi connectivity index (χ3v) is 2.06. The van der Waals surface area contributed by atoms with Gasteiger partial charge in [0.25, 0.3) is 0 Å². The second kappa shape index (κ2) is 2.58. The first-order valence-corrected chi connectivity index (χ1v) is 4.72. The molecule has 1 heterocycles. The molecule has 0 aromatic carbocycles. The van der Waals surface area contributed by atoms with Gasteiger partial charge in [-0.15, -0.1) is 0 Å². The highest BCUT2D eigenvalue weighted by atomic mass is 32.2. The van der Waals surface area contributed by atoms with E-state index in [2.05, 4.69) is 4.98 Å². The number of rotatable bonds is 1. The third-order valence-electron chi connectivity index (χ3n) is 1.07. The van der Waals surface area contributed by atoms with Crippen LogP contribution in [0.3, 0.4) is 0 Å². The monoisotopic (exact) mass is 175 g/mol. The highest BCUT2D eigenvalue weighted by Crippen LogP contribution is 2.04. The minimum Gasteiger partial charge on any atom is -0.222 e. The molecule has 0 aliphatic carbocycles. The number of nitrogens with zero attached hydrogens (tertiary/aromatic N) is 1. The van der Waals surface area contributed by atoms with Crippen molar-refractivity contribution in [2.24, 2.45) is 0 Å². The molecule has 1 aromatic rings. The van der Waals surface area contributed by atoms with E-state index in [4.69, 9.17) is 0 Å². The molecule has 1 rings (SSSR count). The van der Waals surface area contributed by atoms with Gasteiger partial charge in [-0.2, -0.15) is 4.39 Å². The van der Waals surface area contributed by atoms with Crippen LogP contribution in [-0.4, -0.2) is 19.7 Å². The first-order valence-electron chi connectivity index (χ1n) is 2.83. The summed E-state index contributed by atoms with van der Waals surface area (Å²) in [5.41, 5.74) is 0. The lowest BCUT2D eigenvalue weighted by Gasteiger charge is -1.94. The van der Waals surface area contributed by atoms with Crippen LogP contribution in [0.25, 0.3) is 0 Å². The van der Waals surface area contributed by atoms with Crippen LogP contribution in [0.4, 0.5) is 4.39 Å². The summed E-state index contributed by atoms with van der Waals surface area (Å²) in [5, 5.41) is -0.238. The van der Waals surface area contributed by atoms with E-state index in [0.29, 0.717) is 0 Å². The molecule has 0 saturated heterocycles. The summed E-state index contributed by atoms with van der Waals surface area (Å²) < 4.78 is 33.8. The van der Waals surface area contributed by atoms with Gasteiger partial charge in [-0.25, -0.2) is 13.4 Å². The van der Waals surface area contributed by atoms with E-state index < -0.39 is 15.8 Å². The summed E-state index contributed by atoms with van der Waals surface area (Å²) in [6, 6.07) is 3.64. The van der Waals surface area contributed by atoms with Gasteiger partial charge in [-0.05, 0) is 12.1 Å². The van der Waals surface area contributed by atoms with Gasteiger partial charge in [0.15, 0.2) is 14.9 Å². The van der Waals surface area contributed by atoms with E-state index in [1.54, 1.807) is 0 Å². The lowest BCUT2D eigenvalue weighted by Crippen LogP contribution is -2.00. The van der Waals surface area contributed by atoms with Crippen molar-refractivity contribution in [3.05, 3.63) is 24.1 Å². The highest BCUT2D eigenvalue weighted by molar-refractivity contribution is 7.90. The molecule has 5 heteroatoms. The van der Waals surface area contributed by atoms with E-state index in [-0.39, 0.29) is 5.03 Å². The molecule has 1 aromatic heterocycles. The Labute approximate surface area is 63.8 Å². The molecule has 0 unspecified atom stereocenters. The molecule has 0 aliphatic rings. The number of hydrogen-bond donors (Lipinski definition) is 0. The zero-order chi connectivity index (χ0) is 8.48. The Kier molecular flexibility index (Phi) is 1.90. The topological polar surface area (TPSA) is 47.0 Å². The van der Waals surface area contributed by atoms with Crippen molar-refractivity contribution in [2.75, 3.05) is 6.26 Å². The molecule has 0 radical (unpaired) electrons. The average molecular weight is 175 g/mol. The minimum atomic E-state index is -3.38. The molecule has 0 aliphatic heterocycles. The fourth-order valence-electron chi connectivity index (χ4n) is 0.596. The Bertz CT molecular complexity index is 361. The molecule has 0 saturated carbocycles. The molecule has 3 nitrogen and oxygen atoms in total. The Morgan fingerprint density at radius 2 is 2.09 bits per heavy atom. The van der Waals surface area contributed by atoms with Crippen molar-refractivity contribution in [3.8, 4) is 0 Å². The molecule has 0 fully saturated rings. The number of aromatic nitrogens is 1. The molecule has 0 bridgehead atoms. The first kappa shape index (κ1) is 8.13. The van der Waals surface area contributed by atoms with Gasteiger partial charge >= 0.3 is 0 Å². The van der Waals surface area contributed by atoms with Crippen LogP contribution in [0.5, 0.6) is 0 Å². The van der Waals surface area contributed by atoms with Crippen molar-refractivity contribution in [1.82, 2.24) is 4.98 Å². The molecular weight excluding hydrogens is 169 g/mol. The van der Waals surface area contributed by atoms with Crippen molar-refractivity contribution in [1.29, 1.82) is 0 Å². The second-order valence-corrected chi connectivity index (χ2v) is 4.03. The standard InChI is InChI=1S/C6H6FNO2S/c1-11(9,10)6-4-2-3-5(7)8-6/h2-4H,1H3. The van der Waals surface area contributed by atoms with Gasteiger partial charge in [0.2, 0.25) is 5.95 Å². The maximum atomic E-state index is 12.3. The van der Waals surface area contributed by atoms with Gasteiger partial charge in [0.1, 0.15) is 0 Å². The third kappa shape index (κ3) is 1.98. The van der Waals surface area contributed by atoms with Crippen molar-refractivity contribution < 1.29 is 12.8 Å². The number of pyridine rings is 1. The van der Waals surface area contributed by atoms with Crippen LogP contribution in [0.1, 0.15) is 0 Å².